The van der Waals surface area contributed by atoms with E-state index in [1.807, 2.05) is 4.90 Å². The van der Waals surface area contributed by atoms with E-state index in [1.54, 1.807) is 6.92 Å². The predicted octanol–water partition coefficient (Wildman–Crippen LogP) is 0.982. The van der Waals surface area contributed by atoms with E-state index in [2.05, 4.69) is 6.92 Å². The molecule has 0 saturated carbocycles. The highest BCUT2D eigenvalue weighted by Gasteiger charge is 2.26. The second kappa shape index (κ2) is 4.61. The van der Waals surface area contributed by atoms with Gasteiger partial charge in [0.2, 0.25) is 5.91 Å². The van der Waals surface area contributed by atoms with Crippen molar-refractivity contribution in [3.05, 3.63) is 0 Å². The zero-order valence-electron chi connectivity index (χ0n) is 8.62. The van der Waals surface area contributed by atoms with Crippen molar-refractivity contribution in [2.45, 2.75) is 39.2 Å². The van der Waals surface area contributed by atoms with Gasteiger partial charge in [0.1, 0.15) is 0 Å². The predicted molar refractivity (Wildman–Crippen MR) is 53.2 cm³/mol. The van der Waals surface area contributed by atoms with Crippen molar-refractivity contribution < 1.29 is 4.79 Å². The molecule has 0 aromatic carbocycles. The molecule has 1 saturated heterocycles. The summed E-state index contributed by atoms with van der Waals surface area (Å²) in [5.41, 5.74) is 5.54. The Labute approximate surface area is 80.3 Å². The zero-order chi connectivity index (χ0) is 9.84. The highest BCUT2D eigenvalue weighted by molar-refractivity contribution is 5.81. The monoisotopic (exact) mass is 184 g/mol. The van der Waals surface area contributed by atoms with Crippen LogP contribution in [0.2, 0.25) is 0 Å². The maximum atomic E-state index is 11.5. The maximum Gasteiger partial charge on any atom is 0.239 e. The SMILES string of the molecule is CCCC1CCN(C(=O)C(C)N)C1. The highest BCUT2D eigenvalue weighted by atomic mass is 16.2. The molecular formula is C10H20N2O. The summed E-state index contributed by atoms with van der Waals surface area (Å²) < 4.78 is 0. The molecule has 1 amide bonds. The molecule has 0 spiro atoms. The minimum Gasteiger partial charge on any atom is -0.341 e. The fourth-order valence-electron chi connectivity index (χ4n) is 1.96. The van der Waals surface area contributed by atoms with E-state index in [9.17, 15) is 4.79 Å². The first-order chi connectivity index (χ1) is 6.15. The van der Waals surface area contributed by atoms with Crippen LogP contribution in [-0.2, 0) is 4.79 Å². The van der Waals surface area contributed by atoms with Crippen molar-refractivity contribution in [2.75, 3.05) is 13.1 Å². The van der Waals surface area contributed by atoms with Crippen LogP contribution >= 0.6 is 0 Å². The summed E-state index contributed by atoms with van der Waals surface area (Å²) >= 11 is 0. The smallest absolute Gasteiger partial charge is 0.239 e. The minimum absolute atomic E-state index is 0.110. The fraction of sp³-hybridized carbons (Fsp3) is 0.900. The Morgan fingerprint density at radius 3 is 2.92 bits per heavy atom. The van der Waals surface area contributed by atoms with Crippen LogP contribution in [-0.4, -0.2) is 29.9 Å². The van der Waals surface area contributed by atoms with Crippen LogP contribution in [0.3, 0.4) is 0 Å². The van der Waals surface area contributed by atoms with Crippen molar-refractivity contribution in [1.82, 2.24) is 4.90 Å². The van der Waals surface area contributed by atoms with Crippen molar-refractivity contribution in [3.63, 3.8) is 0 Å². The average molecular weight is 184 g/mol. The van der Waals surface area contributed by atoms with E-state index in [0.717, 1.165) is 19.5 Å². The van der Waals surface area contributed by atoms with Crippen LogP contribution in [0.15, 0.2) is 0 Å². The van der Waals surface area contributed by atoms with Gasteiger partial charge in [0, 0.05) is 13.1 Å². The number of nitrogens with two attached hydrogens (primary N) is 1. The maximum absolute atomic E-state index is 11.5. The molecule has 0 bridgehead atoms. The molecule has 2 atom stereocenters. The lowest BCUT2D eigenvalue weighted by atomic mass is 10.0. The van der Waals surface area contributed by atoms with Crippen LogP contribution in [0, 0.1) is 5.92 Å². The van der Waals surface area contributed by atoms with Crippen molar-refractivity contribution in [1.29, 1.82) is 0 Å². The lowest BCUT2D eigenvalue weighted by Crippen LogP contribution is -2.40. The first kappa shape index (κ1) is 10.5. The van der Waals surface area contributed by atoms with E-state index in [0.29, 0.717) is 5.92 Å². The normalized spacial score (nSPS) is 24.8. The van der Waals surface area contributed by atoms with Gasteiger partial charge in [0.25, 0.3) is 0 Å². The van der Waals surface area contributed by atoms with Gasteiger partial charge >= 0.3 is 0 Å². The molecule has 1 aliphatic rings. The van der Waals surface area contributed by atoms with Crippen LogP contribution in [0.1, 0.15) is 33.1 Å². The average Bonchev–Trinajstić information content (AvgIpc) is 2.52. The first-order valence-corrected chi connectivity index (χ1v) is 5.19. The van der Waals surface area contributed by atoms with E-state index >= 15 is 0 Å². The molecule has 1 aliphatic heterocycles. The third kappa shape index (κ3) is 2.69. The Kier molecular flexibility index (Phi) is 3.72. The molecule has 1 rings (SSSR count). The van der Waals surface area contributed by atoms with Gasteiger partial charge in [-0.25, -0.2) is 0 Å². The van der Waals surface area contributed by atoms with E-state index < -0.39 is 0 Å². The summed E-state index contributed by atoms with van der Waals surface area (Å²) in [7, 11) is 0. The van der Waals surface area contributed by atoms with E-state index in [4.69, 9.17) is 5.73 Å². The molecule has 13 heavy (non-hydrogen) atoms. The lowest BCUT2D eigenvalue weighted by Gasteiger charge is -2.18. The van der Waals surface area contributed by atoms with Gasteiger partial charge in [-0.3, -0.25) is 4.79 Å². The largest absolute Gasteiger partial charge is 0.341 e. The number of carbonyl (C=O) groups is 1. The molecule has 2 N–H and O–H groups in total. The first-order valence-electron chi connectivity index (χ1n) is 5.19. The minimum atomic E-state index is -0.333. The Morgan fingerprint density at radius 2 is 2.38 bits per heavy atom. The molecule has 76 valence electrons. The molecule has 3 nitrogen and oxygen atoms in total. The molecule has 1 fully saturated rings. The molecule has 2 unspecified atom stereocenters. The molecule has 0 aromatic rings. The molecule has 0 aromatic heterocycles. The van der Waals surface area contributed by atoms with Crippen molar-refractivity contribution in [3.8, 4) is 0 Å². The zero-order valence-corrected chi connectivity index (χ0v) is 8.62. The quantitative estimate of drug-likeness (QED) is 0.710. The Balaban J connectivity index is 2.36. The fourth-order valence-corrected chi connectivity index (χ4v) is 1.96. The van der Waals surface area contributed by atoms with E-state index in [1.165, 1.54) is 12.8 Å². The summed E-state index contributed by atoms with van der Waals surface area (Å²) in [6.07, 6.45) is 3.61. The Bertz CT molecular complexity index is 180. The van der Waals surface area contributed by atoms with Crippen LogP contribution in [0.4, 0.5) is 0 Å². The van der Waals surface area contributed by atoms with Gasteiger partial charge in [-0.15, -0.1) is 0 Å². The molecule has 1 heterocycles. The molecular weight excluding hydrogens is 164 g/mol. The molecule has 0 radical (unpaired) electrons. The van der Waals surface area contributed by atoms with Gasteiger partial charge in [0.15, 0.2) is 0 Å². The number of likely N-dealkylation sites (tertiary alicyclic amines) is 1. The summed E-state index contributed by atoms with van der Waals surface area (Å²) in [5, 5.41) is 0. The summed E-state index contributed by atoms with van der Waals surface area (Å²) in [5.74, 6) is 0.825. The highest BCUT2D eigenvalue weighted by Crippen LogP contribution is 2.20. The van der Waals surface area contributed by atoms with Gasteiger partial charge in [-0.2, -0.15) is 0 Å². The molecule has 0 aliphatic carbocycles. The van der Waals surface area contributed by atoms with Crippen LogP contribution in [0.25, 0.3) is 0 Å². The number of nitrogens with zero attached hydrogens (tertiary/aromatic N) is 1. The number of hydrogen-bond acceptors (Lipinski definition) is 2. The van der Waals surface area contributed by atoms with Crippen molar-refractivity contribution >= 4 is 5.91 Å². The third-order valence-corrected chi connectivity index (χ3v) is 2.68. The van der Waals surface area contributed by atoms with Gasteiger partial charge < -0.3 is 10.6 Å². The Morgan fingerprint density at radius 1 is 1.69 bits per heavy atom. The van der Waals surface area contributed by atoms with Gasteiger partial charge in [0.05, 0.1) is 6.04 Å². The summed E-state index contributed by atoms with van der Waals surface area (Å²) in [4.78, 5) is 13.4. The summed E-state index contributed by atoms with van der Waals surface area (Å²) in [6, 6.07) is -0.333. The van der Waals surface area contributed by atoms with Crippen molar-refractivity contribution in [2.24, 2.45) is 11.7 Å². The van der Waals surface area contributed by atoms with Crippen LogP contribution in [0.5, 0.6) is 0 Å². The number of carbonyl (C=O) groups excluding carboxylic acids is 1. The lowest BCUT2D eigenvalue weighted by molar-refractivity contribution is -0.131. The number of amides is 1. The van der Waals surface area contributed by atoms with Gasteiger partial charge in [-0.1, -0.05) is 13.3 Å². The number of rotatable bonds is 3. The standard InChI is InChI=1S/C10H20N2O/c1-3-4-9-5-6-12(7-9)10(13)8(2)11/h8-9H,3-7,11H2,1-2H3. The topological polar surface area (TPSA) is 46.3 Å². The Hall–Kier alpha value is -0.570. The van der Waals surface area contributed by atoms with E-state index in [-0.39, 0.29) is 11.9 Å². The second-order valence-electron chi connectivity index (χ2n) is 4.02. The summed E-state index contributed by atoms with van der Waals surface area (Å²) in [6.45, 7) is 5.78. The third-order valence-electron chi connectivity index (χ3n) is 2.68. The molecule has 3 heteroatoms. The van der Waals surface area contributed by atoms with Crippen LogP contribution < -0.4 is 5.73 Å². The van der Waals surface area contributed by atoms with Gasteiger partial charge in [-0.05, 0) is 25.7 Å². The second-order valence-corrected chi connectivity index (χ2v) is 4.02. The number of hydrogen-bond donors (Lipinski definition) is 1.